The normalized spacial score (nSPS) is 22.1. The maximum Gasteiger partial charge on any atom is 0.280 e. The fourth-order valence-corrected chi connectivity index (χ4v) is 4.24. The van der Waals surface area contributed by atoms with Crippen molar-refractivity contribution in [3.63, 3.8) is 0 Å². The van der Waals surface area contributed by atoms with E-state index in [1.54, 1.807) is 25.1 Å². The molecule has 1 aliphatic heterocycles. The Hall–Kier alpha value is -0.660. The van der Waals surface area contributed by atoms with Gasteiger partial charge in [-0.2, -0.15) is 17.4 Å². The highest BCUT2D eigenvalue weighted by Crippen LogP contribution is 2.21. The molecule has 0 amide bonds. The molecule has 118 valence electrons. The lowest BCUT2D eigenvalue weighted by Crippen LogP contribution is -2.47. The van der Waals surface area contributed by atoms with Crippen LogP contribution in [0.25, 0.3) is 0 Å². The summed E-state index contributed by atoms with van der Waals surface area (Å²) in [6.07, 6.45) is 1.64. The number of piperidine rings is 1. The zero-order valence-electron chi connectivity index (χ0n) is 12.0. The summed E-state index contributed by atoms with van der Waals surface area (Å²) in [5.74, 6) is 0.0248. The molecule has 2 atom stereocenters. The van der Waals surface area contributed by atoms with Crippen LogP contribution in [-0.4, -0.2) is 37.5 Å². The number of hydrogen-bond donors (Lipinski definition) is 2. The van der Waals surface area contributed by atoms with Crippen LogP contribution in [0.1, 0.15) is 31.4 Å². The molecule has 5 nitrogen and oxygen atoms in total. The van der Waals surface area contributed by atoms with E-state index in [2.05, 4.69) is 4.72 Å². The number of halogens is 1. The van der Waals surface area contributed by atoms with Gasteiger partial charge in [0.15, 0.2) is 0 Å². The lowest BCUT2D eigenvalue weighted by molar-refractivity contribution is 0.164. The summed E-state index contributed by atoms with van der Waals surface area (Å²) in [5.41, 5.74) is 0.821. The van der Waals surface area contributed by atoms with Gasteiger partial charge < -0.3 is 5.11 Å². The molecule has 2 N–H and O–H groups in total. The molecule has 1 aliphatic rings. The summed E-state index contributed by atoms with van der Waals surface area (Å²) >= 11 is 5.93. The van der Waals surface area contributed by atoms with Crippen molar-refractivity contribution in [2.75, 3.05) is 19.7 Å². The second kappa shape index (κ2) is 7.07. The predicted octanol–water partition coefficient (Wildman–Crippen LogP) is 1.94. The van der Waals surface area contributed by atoms with Crippen molar-refractivity contribution in [2.24, 2.45) is 5.92 Å². The van der Waals surface area contributed by atoms with E-state index in [-0.39, 0.29) is 18.6 Å². The van der Waals surface area contributed by atoms with E-state index in [1.165, 1.54) is 4.31 Å². The van der Waals surface area contributed by atoms with Crippen molar-refractivity contribution in [2.45, 2.75) is 25.8 Å². The number of nitrogens with zero attached hydrogens (tertiary/aromatic N) is 1. The number of hydrogen-bond acceptors (Lipinski definition) is 3. The largest absolute Gasteiger partial charge is 0.396 e. The Morgan fingerprint density at radius 2 is 2.29 bits per heavy atom. The maximum atomic E-state index is 12.4. The van der Waals surface area contributed by atoms with Gasteiger partial charge in [0.2, 0.25) is 0 Å². The topological polar surface area (TPSA) is 69.6 Å². The molecule has 0 saturated carbocycles. The molecular weight excluding hydrogens is 312 g/mol. The number of rotatable bonds is 5. The Balaban J connectivity index is 2.06. The van der Waals surface area contributed by atoms with Crippen LogP contribution in [-0.2, 0) is 10.2 Å². The molecule has 0 bridgehead atoms. The zero-order valence-corrected chi connectivity index (χ0v) is 13.6. The quantitative estimate of drug-likeness (QED) is 0.865. The minimum atomic E-state index is -3.56. The molecule has 1 heterocycles. The second-order valence-electron chi connectivity index (χ2n) is 5.45. The third-order valence-corrected chi connectivity index (χ3v) is 5.65. The molecule has 2 unspecified atom stereocenters. The van der Waals surface area contributed by atoms with E-state index in [0.29, 0.717) is 18.1 Å². The van der Waals surface area contributed by atoms with Crippen LogP contribution in [0.5, 0.6) is 0 Å². The number of aliphatic hydroxyl groups is 1. The Kier molecular flexibility index (Phi) is 5.62. The van der Waals surface area contributed by atoms with Crippen LogP contribution < -0.4 is 4.72 Å². The molecule has 0 radical (unpaired) electrons. The van der Waals surface area contributed by atoms with Gasteiger partial charge in [0, 0.05) is 30.8 Å². The van der Waals surface area contributed by atoms with Gasteiger partial charge in [-0.25, -0.2) is 0 Å². The van der Waals surface area contributed by atoms with Gasteiger partial charge in [-0.15, -0.1) is 0 Å². The van der Waals surface area contributed by atoms with Gasteiger partial charge in [0.25, 0.3) is 10.2 Å². The van der Waals surface area contributed by atoms with E-state index in [9.17, 15) is 13.5 Å². The molecule has 1 aromatic rings. The van der Waals surface area contributed by atoms with E-state index in [4.69, 9.17) is 11.6 Å². The van der Waals surface area contributed by atoms with Crippen LogP contribution in [0.15, 0.2) is 24.3 Å². The Bertz CT molecular complexity index is 579. The summed E-state index contributed by atoms with van der Waals surface area (Å²) in [4.78, 5) is 0. The van der Waals surface area contributed by atoms with Gasteiger partial charge in [-0.1, -0.05) is 23.7 Å². The van der Waals surface area contributed by atoms with Crippen LogP contribution in [0.4, 0.5) is 0 Å². The smallest absolute Gasteiger partial charge is 0.280 e. The van der Waals surface area contributed by atoms with Gasteiger partial charge in [-0.05, 0) is 43.4 Å². The van der Waals surface area contributed by atoms with Crippen molar-refractivity contribution in [3.8, 4) is 0 Å². The van der Waals surface area contributed by atoms with Crippen LogP contribution in [0.3, 0.4) is 0 Å². The standard InChI is InChI=1S/C14H21ClN2O3S/c1-11(13-5-2-6-14(15)8-13)16-21(19,20)17-7-3-4-12(9-17)10-18/h2,5-6,8,11-12,16,18H,3-4,7,9-10H2,1H3. The summed E-state index contributed by atoms with van der Waals surface area (Å²) < 4.78 is 28.9. The van der Waals surface area contributed by atoms with Crippen molar-refractivity contribution in [3.05, 3.63) is 34.9 Å². The third-order valence-electron chi connectivity index (χ3n) is 3.75. The highest BCUT2D eigenvalue weighted by Gasteiger charge is 2.29. The van der Waals surface area contributed by atoms with Crippen LogP contribution in [0.2, 0.25) is 5.02 Å². The first-order valence-corrected chi connectivity index (χ1v) is 8.88. The van der Waals surface area contributed by atoms with E-state index >= 15 is 0 Å². The first-order valence-electron chi connectivity index (χ1n) is 7.06. The lowest BCUT2D eigenvalue weighted by atomic mass is 10.0. The SMILES string of the molecule is CC(NS(=O)(=O)N1CCCC(CO)C1)c1cccc(Cl)c1. The van der Waals surface area contributed by atoms with E-state index < -0.39 is 10.2 Å². The minimum Gasteiger partial charge on any atom is -0.396 e. The molecule has 0 aliphatic carbocycles. The molecule has 1 saturated heterocycles. The molecule has 7 heteroatoms. The average molecular weight is 333 g/mol. The summed E-state index contributed by atoms with van der Waals surface area (Å²) in [5, 5.41) is 9.79. The first-order chi connectivity index (χ1) is 9.92. The molecule has 0 spiro atoms. The molecule has 1 aromatic carbocycles. The number of benzene rings is 1. The van der Waals surface area contributed by atoms with Gasteiger partial charge in [-0.3, -0.25) is 0 Å². The van der Waals surface area contributed by atoms with Gasteiger partial charge in [0.1, 0.15) is 0 Å². The molecule has 0 aromatic heterocycles. The van der Waals surface area contributed by atoms with Crippen LogP contribution >= 0.6 is 11.6 Å². The number of nitrogens with one attached hydrogen (secondary N) is 1. The Labute approximate surface area is 131 Å². The first kappa shape index (κ1) is 16.7. The summed E-state index contributed by atoms with van der Waals surface area (Å²) in [7, 11) is -3.56. The van der Waals surface area contributed by atoms with Crippen LogP contribution in [0, 0.1) is 5.92 Å². The molecular formula is C14H21ClN2O3S. The fraction of sp³-hybridized carbons (Fsp3) is 0.571. The fourth-order valence-electron chi connectivity index (χ4n) is 2.54. The number of aliphatic hydroxyl groups excluding tert-OH is 1. The average Bonchev–Trinajstić information content (AvgIpc) is 2.47. The monoisotopic (exact) mass is 332 g/mol. The Morgan fingerprint density at radius 3 is 2.95 bits per heavy atom. The van der Waals surface area contributed by atoms with Gasteiger partial charge >= 0.3 is 0 Å². The van der Waals surface area contributed by atoms with Crippen molar-refractivity contribution in [1.82, 2.24) is 9.03 Å². The lowest BCUT2D eigenvalue weighted by Gasteiger charge is -2.32. The predicted molar refractivity (Wildman–Crippen MR) is 83.3 cm³/mol. The third kappa shape index (κ3) is 4.40. The van der Waals surface area contributed by atoms with Crippen molar-refractivity contribution in [1.29, 1.82) is 0 Å². The van der Waals surface area contributed by atoms with E-state index in [1.807, 2.05) is 6.07 Å². The second-order valence-corrected chi connectivity index (χ2v) is 7.59. The molecule has 21 heavy (non-hydrogen) atoms. The highest BCUT2D eigenvalue weighted by atomic mass is 35.5. The maximum absolute atomic E-state index is 12.4. The van der Waals surface area contributed by atoms with Crippen molar-refractivity contribution >= 4 is 21.8 Å². The van der Waals surface area contributed by atoms with Crippen molar-refractivity contribution < 1.29 is 13.5 Å². The molecule has 1 fully saturated rings. The van der Waals surface area contributed by atoms with E-state index in [0.717, 1.165) is 18.4 Å². The minimum absolute atomic E-state index is 0.0237. The summed E-state index contributed by atoms with van der Waals surface area (Å²) in [6, 6.07) is 6.78. The zero-order chi connectivity index (χ0) is 15.5. The molecule has 2 rings (SSSR count). The summed E-state index contributed by atoms with van der Waals surface area (Å²) in [6.45, 7) is 2.68. The Morgan fingerprint density at radius 1 is 1.52 bits per heavy atom. The van der Waals surface area contributed by atoms with Gasteiger partial charge in [0.05, 0.1) is 0 Å². The highest BCUT2D eigenvalue weighted by molar-refractivity contribution is 7.87.